The highest BCUT2D eigenvalue weighted by Crippen LogP contribution is 2.34. The van der Waals surface area contributed by atoms with Gasteiger partial charge in [0.25, 0.3) is 0 Å². The molecule has 1 saturated heterocycles. The number of benzene rings is 1. The van der Waals surface area contributed by atoms with Crippen LogP contribution >= 0.6 is 0 Å². The lowest BCUT2D eigenvalue weighted by molar-refractivity contribution is 0.0417. The second-order valence-electron chi connectivity index (χ2n) is 6.37. The van der Waals surface area contributed by atoms with Crippen LogP contribution in [0.3, 0.4) is 0 Å². The summed E-state index contributed by atoms with van der Waals surface area (Å²) in [6, 6.07) is 6.59. The summed E-state index contributed by atoms with van der Waals surface area (Å²) in [6.07, 6.45) is -0.263. The highest BCUT2D eigenvalue weighted by atomic mass is 16.6. The molecule has 2 atom stereocenters. The molecule has 5 heteroatoms. The molecule has 1 fully saturated rings. The zero-order valence-electron chi connectivity index (χ0n) is 13.5. The van der Waals surface area contributed by atoms with Crippen LogP contribution < -0.4 is 9.47 Å². The van der Waals surface area contributed by atoms with Crippen LogP contribution in [0.2, 0.25) is 0 Å². The van der Waals surface area contributed by atoms with E-state index < -0.39 is 0 Å². The van der Waals surface area contributed by atoms with Crippen molar-refractivity contribution in [2.75, 3.05) is 39.4 Å². The second kappa shape index (κ2) is 6.86. The molecule has 0 bridgehead atoms. The van der Waals surface area contributed by atoms with Gasteiger partial charge in [-0.2, -0.15) is 0 Å². The topological polar surface area (TPSA) is 45.2 Å². The van der Waals surface area contributed by atoms with E-state index in [1.54, 1.807) is 0 Å². The minimum absolute atomic E-state index is 0.263. The molecule has 0 spiro atoms. The van der Waals surface area contributed by atoms with Gasteiger partial charge < -0.3 is 14.6 Å². The van der Waals surface area contributed by atoms with E-state index in [4.69, 9.17) is 9.47 Å². The number of β-amino-alcohol motifs (C(OH)–C–C–N with tert-alkyl or cyclic N) is 1. The number of fused-ring (bicyclic) bond motifs is 1. The van der Waals surface area contributed by atoms with E-state index in [2.05, 4.69) is 22.8 Å². The van der Waals surface area contributed by atoms with Gasteiger partial charge in [0.1, 0.15) is 13.2 Å². The molecule has 22 heavy (non-hydrogen) atoms. The van der Waals surface area contributed by atoms with E-state index >= 15 is 0 Å². The predicted molar refractivity (Wildman–Crippen MR) is 85.4 cm³/mol. The number of nitrogens with zero attached hydrogens (tertiary/aromatic N) is 2. The lowest BCUT2D eigenvalue weighted by Gasteiger charge is -2.40. The van der Waals surface area contributed by atoms with Crippen LogP contribution in [0.25, 0.3) is 0 Å². The van der Waals surface area contributed by atoms with Gasteiger partial charge in [0, 0.05) is 44.3 Å². The molecule has 0 unspecified atom stereocenters. The van der Waals surface area contributed by atoms with Crippen molar-refractivity contribution in [2.24, 2.45) is 0 Å². The van der Waals surface area contributed by atoms with Crippen LogP contribution in [0.1, 0.15) is 19.4 Å². The summed E-state index contributed by atoms with van der Waals surface area (Å²) < 4.78 is 11.5. The third-order valence-electron chi connectivity index (χ3n) is 4.39. The molecule has 0 radical (unpaired) electrons. The third kappa shape index (κ3) is 3.54. The van der Waals surface area contributed by atoms with Gasteiger partial charge in [-0.25, -0.2) is 0 Å². The Morgan fingerprint density at radius 3 is 2.86 bits per heavy atom. The van der Waals surface area contributed by atoms with Crippen molar-refractivity contribution in [3.63, 3.8) is 0 Å². The van der Waals surface area contributed by atoms with E-state index in [-0.39, 0.29) is 6.10 Å². The first-order chi connectivity index (χ1) is 10.6. The van der Waals surface area contributed by atoms with Gasteiger partial charge >= 0.3 is 0 Å². The maximum Gasteiger partial charge on any atom is 0.165 e. The average Bonchev–Trinajstić information content (AvgIpc) is 2.50. The van der Waals surface area contributed by atoms with E-state index in [1.807, 2.05) is 19.1 Å². The molecule has 2 heterocycles. The van der Waals surface area contributed by atoms with Gasteiger partial charge in [-0.1, -0.05) is 12.1 Å². The van der Waals surface area contributed by atoms with E-state index in [1.165, 1.54) is 5.56 Å². The number of aliphatic hydroxyl groups is 1. The van der Waals surface area contributed by atoms with E-state index in [0.717, 1.165) is 44.2 Å². The number of ether oxygens (including phenoxy) is 2. The zero-order chi connectivity index (χ0) is 15.5. The Hall–Kier alpha value is -1.30. The van der Waals surface area contributed by atoms with Crippen molar-refractivity contribution in [1.82, 2.24) is 9.80 Å². The largest absolute Gasteiger partial charge is 0.486 e. The number of piperazine rings is 1. The highest BCUT2D eigenvalue weighted by molar-refractivity contribution is 5.47. The molecule has 0 aliphatic carbocycles. The fourth-order valence-corrected chi connectivity index (χ4v) is 3.32. The lowest BCUT2D eigenvalue weighted by Crippen LogP contribution is -2.53. The normalized spacial score (nSPS) is 24.2. The molecule has 1 N–H and O–H groups in total. The molecule has 1 aromatic rings. The Morgan fingerprint density at radius 2 is 2.09 bits per heavy atom. The Labute approximate surface area is 132 Å². The molecule has 122 valence electrons. The van der Waals surface area contributed by atoms with E-state index in [9.17, 15) is 5.11 Å². The van der Waals surface area contributed by atoms with Crippen molar-refractivity contribution in [3.8, 4) is 11.5 Å². The fourth-order valence-electron chi connectivity index (χ4n) is 3.32. The van der Waals surface area contributed by atoms with Crippen LogP contribution in [0.5, 0.6) is 11.5 Å². The first-order valence-electron chi connectivity index (χ1n) is 8.15. The minimum atomic E-state index is -0.263. The van der Waals surface area contributed by atoms with Crippen LogP contribution in [0.4, 0.5) is 0 Å². The van der Waals surface area contributed by atoms with Crippen molar-refractivity contribution in [3.05, 3.63) is 23.8 Å². The maximum absolute atomic E-state index is 9.57. The Kier molecular flexibility index (Phi) is 4.86. The number of para-hydroxylation sites is 1. The summed E-state index contributed by atoms with van der Waals surface area (Å²) in [5.41, 5.74) is 1.20. The van der Waals surface area contributed by atoms with Crippen molar-refractivity contribution < 1.29 is 14.6 Å². The molecule has 2 aliphatic heterocycles. The molecule has 3 rings (SSSR count). The van der Waals surface area contributed by atoms with Crippen LogP contribution in [0, 0.1) is 0 Å². The van der Waals surface area contributed by atoms with Gasteiger partial charge in [0.2, 0.25) is 0 Å². The minimum Gasteiger partial charge on any atom is -0.486 e. The summed E-state index contributed by atoms with van der Waals surface area (Å²) in [4.78, 5) is 4.82. The van der Waals surface area contributed by atoms with Gasteiger partial charge in [0.15, 0.2) is 11.5 Å². The Balaban J connectivity index is 1.63. The Bertz CT molecular complexity index is 507. The van der Waals surface area contributed by atoms with Gasteiger partial charge in [-0.05, 0) is 19.9 Å². The van der Waals surface area contributed by atoms with Crippen molar-refractivity contribution >= 4 is 0 Å². The van der Waals surface area contributed by atoms with Crippen LogP contribution in [0.15, 0.2) is 18.2 Å². The maximum atomic E-state index is 9.57. The number of hydrogen-bond acceptors (Lipinski definition) is 5. The van der Waals surface area contributed by atoms with Crippen molar-refractivity contribution in [1.29, 1.82) is 0 Å². The van der Waals surface area contributed by atoms with E-state index in [0.29, 0.717) is 19.3 Å². The SMILES string of the molecule is C[C@@H](O)CN1CCN(Cc2cccc3c2OCCO3)C[C@@H]1C. The summed E-state index contributed by atoms with van der Waals surface area (Å²) >= 11 is 0. The second-order valence-corrected chi connectivity index (χ2v) is 6.37. The molecule has 1 aromatic carbocycles. The smallest absolute Gasteiger partial charge is 0.165 e. The standard InChI is InChI=1S/C17H26N2O3/c1-13-10-18(6-7-19(13)11-14(2)20)12-15-4-3-5-16-17(15)22-9-8-21-16/h3-5,13-14,20H,6-12H2,1-2H3/t13-,14+/m0/s1. The fraction of sp³-hybridized carbons (Fsp3) is 0.647. The van der Waals surface area contributed by atoms with Crippen LogP contribution in [-0.4, -0.2) is 66.4 Å². The molecule has 2 aliphatic rings. The molecule has 5 nitrogen and oxygen atoms in total. The Morgan fingerprint density at radius 1 is 1.27 bits per heavy atom. The summed E-state index contributed by atoms with van der Waals surface area (Å²) in [5.74, 6) is 1.78. The average molecular weight is 306 g/mol. The molecule has 0 amide bonds. The van der Waals surface area contributed by atoms with Gasteiger partial charge in [-0.3, -0.25) is 9.80 Å². The first-order valence-corrected chi connectivity index (χ1v) is 8.15. The monoisotopic (exact) mass is 306 g/mol. The lowest BCUT2D eigenvalue weighted by atomic mass is 10.1. The summed E-state index contributed by atoms with van der Waals surface area (Å²) in [7, 11) is 0. The van der Waals surface area contributed by atoms with Gasteiger partial charge in [-0.15, -0.1) is 0 Å². The van der Waals surface area contributed by atoms with Gasteiger partial charge in [0.05, 0.1) is 6.10 Å². The molecular weight excluding hydrogens is 280 g/mol. The predicted octanol–water partition coefficient (Wildman–Crippen LogP) is 1.34. The molecule has 0 saturated carbocycles. The van der Waals surface area contributed by atoms with Crippen LogP contribution in [-0.2, 0) is 6.54 Å². The summed E-state index contributed by atoms with van der Waals surface area (Å²) in [6.45, 7) is 10.0. The highest BCUT2D eigenvalue weighted by Gasteiger charge is 2.25. The zero-order valence-corrected chi connectivity index (χ0v) is 13.5. The number of hydrogen-bond donors (Lipinski definition) is 1. The first kappa shape index (κ1) is 15.6. The third-order valence-corrected chi connectivity index (χ3v) is 4.39. The number of rotatable bonds is 4. The molecular formula is C17H26N2O3. The summed E-state index contributed by atoms with van der Waals surface area (Å²) in [5, 5.41) is 9.57. The van der Waals surface area contributed by atoms with Crippen molar-refractivity contribution in [2.45, 2.75) is 32.5 Å². The number of aliphatic hydroxyl groups excluding tert-OH is 1. The quantitative estimate of drug-likeness (QED) is 0.910. The molecule has 0 aromatic heterocycles.